The number of nitrogens with one attached hydrogen (secondary N) is 1. The molecule has 0 saturated heterocycles. The summed E-state index contributed by atoms with van der Waals surface area (Å²) in [6.45, 7) is 0.914. The number of halogens is 1. The van der Waals surface area contributed by atoms with E-state index in [2.05, 4.69) is 28.9 Å². The van der Waals surface area contributed by atoms with Gasteiger partial charge in [-0.1, -0.05) is 23.7 Å². The van der Waals surface area contributed by atoms with Gasteiger partial charge < -0.3 is 5.32 Å². The van der Waals surface area contributed by atoms with Crippen LogP contribution in [0.3, 0.4) is 0 Å². The lowest BCUT2D eigenvalue weighted by atomic mass is 10.3. The largest absolute Gasteiger partial charge is 0.384 e. The first-order chi connectivity index (χ1) is 7.34. The van der Waals surface area contributed by atoms with E-state index in [0.717, 1.165) is 18.7 Å². The minimum atomic E-state index is 0.649. The van der Waals surface area contributed by atoms with E-state index in [0.29, 0.717) is 5.02 Å². The Balaban J connectivity index is 1.83. The molecule has 0 saturated carbocycles. The summed E-state index contributed by atoms with van der Waals surface area (Å²) in [7, 11) is 0. The fraction of sp³-hybridized carbons (Fsp3) is 0.167. The Morgan fingerprint density at radius 2 is 2.20 bits per heavy atom. The van der Waals surface area contributed by atoms with Crippen LogP contribution in [0.5, 0.6) is 0 Å². The first kappa shape index (κ1) is 10.5. The van der Waals surface area contributed by atoms with E-state index in [1.54, 1.807) is 11.3 Å². The van der Waals surface area contributed by atoms with Gasteiger partial charge in [-0.25, -0.2) is 0 Å². The molecule has 77 valence electrons. The second-order valence-corrected chi connectivity index (χ2v) is 4.61. The van der Waals surface area contributed by atoms with E-state index >= 15 is 0 Å². The minimum Gasteiger partial charge on any atom is -0.384 e. The molecule has 0 aliphatic rings. The first-order valence-corrected chi connectivity index (χ1v) is 6.04. The van der Waals surface area contributed by atoms with Crippen LogP contribution >= 0.6 is 22.9 Å². The lowest BCUT2D eigenvalue weighted by Crippen LogP contribution is -2.03. The molecule has 0 spiro atoms. The van der Waals surface area contributed by atoms with Crippen LogP contribution in [0.1, 0.15) is 4.88 Å². The molecule has 0 amide bonds. The summed E-state index contributed by atoms with van der Waals surface area (Å²) in [5.41, 5.74) is 0.957. The van der Waals surface area contributed by atoms with Gasteiger partial charge in [0.25, 0.3) is 0 Å². The molecule has 1 N–H and O–H groups in total. The fourth-order valence-corrected chi connectivity index (χ4v) is 2.20. The molecule has 1 heterocycles. The van der Waals surface area contributed by atoms with Gasteiger partial charge in [0.2, 0.25) is 0 Å². The van der Waals surface area contributed by atoms with Gasteiger partial charge in [-0.3, -0.25) is 0 Å². The van der Waals surface area contributed by atoms with Crippen LogP contribution in [-0.4, -0.2) is 6.54 Å². The van der Waals surface area contributed by atoms with Gasteiger partial charge in [0, 0.05) is 23.2 Å². The van der Waals surface area contributed by atoms with Crippen LogP contribution in [0.25, 0.3) is 0 Å². The summed E-state index contributed by atoms with van der Waals surface area (Å²) in [4.78, 5) is 1.39. The highest BCUT2D eigenvalue weighted by molar-refractivity contribution is 7.09. The molecule has 1 radical (unpaired) electrons. The fourth-order valence-electron chi connectivity index (χ4n) is 1.32. The average molecular weight is 237 g/mol. The van der Waals surface area contributed by atoms with Crippen molar-refractivity contribution in [2.24, 2.45) is 0 Å². The lowest BCUT2D eigenvalue weighted by molar-refractivity contribution is 1.04. The molecule has 15 heavy (non-hydrogen) atoms. The van der Waals surface area contributed by atoms with E-state index in [1.807, 2.05) is 18.2 Å². The monoisotopic (exact) mass is 236 g/mol. The maximum atomic E-state index is 5.83. The highest BCUT2D eigenvalue weighted by Crippen LogP contribution is 2.14. The molecule has 0 bridgehead atoms. The minimum absolute atomic E-state index is 0.649. The van der Waals surface area contributed by atoms with Crippen molar-refractivity contribution in [1.29, 1.82) is 0 Å². The Labute approximate surface area is 98.7 Å². The second-order valence-electron chi connectivity index (χ2n) is 3.17. The number of rotatable bonds is 4. The molecule has 2 aromatic rings. The van der Waals surface area contributed by atoms with Crippen molar-refractivity contribution in [1.82, 2.24) is 0 Å². The van der Waals surface area contributed by atoms with E-state index in [9.17, 15) is 0 Å². The third kappa shape index (κ3) is 3.26. The highest BCUT2D eigenvalue weighted by Gasteiger charge is 1.95. The van der Waals surface area contributed by atoms with Gasteiger partial charge in [0.1, 0.15) is 0 Å². The van der Waals surface area contributed by atoms with Crippen molar-refractivity contribution in [3.05, 3.63) is 51.7 Å². The van der Waals surface area contributed by atoms with E-state index in [-0.39, 0.29) is 0 Å². The van der Waals surface area contributed by atoms with Gasteiger partial charge >= 0.3 is 0 Å². The van der Waals surface area contributed by atoms with Gasteiger partial charge in [-0.2, -0.15) is 0 Å². The third-order valence-electron chi connectivity index (χ3n) is 2.03. The van der Waals surface area contributed by atoms with E-state index < -0.39 is 0 Å². The topological polar surface area (TPSA) is 12.0 Å². The smallest absolute Gasteiger partial charge is 0.0506 e. The summed E-state index contributed by atoms with van der Waals surface area (Å²) < 4.78 is 0. The van der Waals surface area contributed by atoms with E-state index in [1.165, 1.54) is 4.88 Å². The molecule has 1 aromatic heterocycles. The van der Waals surface area contributed by atoms with Crippen LogP contribution in [0.15, 0.2) is 35.7 Å². The standard InChI is InChI=1S/C12H11ClNS/c13-10-3-1-4-11(9-10)14-7-6-12-5-2-8-15-12/h1-5,8,14H,6-7H2. The van der Waals surface area contributed by atoms with Crippen molar-refractivity contribution in [3.63, 3.8) is 0 Å². The third-order valence-corrected chi connectivity index (χ3v) is 3.18. The van der Waals surface area contributed by atoms with Gasteiger partial charge in [-0.15, -0.1) is 11.3 Å². The van der Waals surface area contributed by atoms with Gasteiger partial charge in [0.05, 0.1) is 5.02 Å². The number of hydrogen-bond acceptors (Lipinski definition) is 2. The number of thiophene rings is 1. The van der Waals surface area contributed by atoms with Crippen LogP contribution in [0.4, 0.5) is 5.69 Å². The van der Waals surface area contributed by atoms with Gasteiger partial charge in [-0.05, 0) is 30.0 Å². The molecular weight excluding hydrogens is 226 g/mol. The average Bonchev–Trinajstić information content (AvgIpc) is 2.71. The maximum Gasteiger partial charge on any atom is 0.0506 e. The Kier molecular flexibility index (Phi) is 3.64. The summed E-state index contributed by atoms with van der Waals surface area (Å²) >= 11 is 7.61. The van der Waals surface area contributed by atoms with Crippen LogP contribution < -0.4 is 5.32 Å². The quantitative estimate of drug-likeness (QED) is 0.850. The zero-order chi connectivity index (χ0) is 10.5. The first-order valence-electron chi connectivity index (χ1n) is 4.79. The van der Waals surface area contributed by atoms with Crippen molar-refractivity contribution in [2.45, 2.75) is 6.42 Å². The predicted molar refractivity (Wildman–Crippen MR) is 66.8 cm³/mol. The highest BCUT2D eigenvalue weighted by atomic mass is 35.5. The Bertz CT molecular complexity index is 411. The SMILES string of the molecule is Clc1[c]c(NCCc2cccs2)ccc1. The summed E-state index contributed by atoms with van der Waals surface area (Å²) in [6, 6.07) is 13.0. The van der Waals surface area contributed by atoms with Crippen molar-refractivity contribution in [2.75, 3.05) is 11.9 Å². The number of anilines is 1. The van der Waals surface area contributed by atoms with E-state index in [4.69, 9.17) is 11.6 Å². The summed E-state index contributed by atoms with van der Waals surface area (Å²) in [6.07, 6.45) is 1.04. The Morgan fingerprint density at radius 3 is 2.93 bits per heavy atom. The molecule has 1 aromatic carbocycles. The zero-order valence-corrected chi connectivity index (χ0v) is 9.74. The summed E-state index contributed by atoms with van der Waals surface area (Å²) in [5, 5.41) is 6.04. The molecule has 0 aliphatic heterocycles. The predicted octanol–water partition coefficient (Wildman–Crippen LogP) is 3.86. The molecule has 0 aliphatic carbocycles. The second kappa shape index (κ2) is 5.19. The molecule has 0 fully saturated rings. The Morgan fingerprint density at radius 1 is 1.27 bits per heavy atom. The molecular formula is C12H11ClNS. The Hall–Kier alpha value is -0.990. The normalized spacial score (nSPS) is 10.2. The maximum absolute atomic E-state index is 5.83. The molecule has 0 atom stereocenters. The molecule has 0 unspecified atom stereocenters. The van der Waals surface area contributed by atoms with Crippen molar-refractivity contribution < 1.29 is 0 Å². The zero-order valence-electron chi connectivity index (χ0n) is 8.16. The molecule has 2 rings (SSSR count). The molecule has 3 heteroatoms. The van der Waals surface area contributed by atoms with Crippen LogP contribution in [0, 0.1) is 6.07 Å². The van der Waals surface area contributed by atoms with Crippen molar-refractivity contribution in [3.8, 4) is 0 Å². The number of benzene rings is 1. The number of hydrogen-bond donors (Lipinski definition) is 1. The van der Waals surface area contributed by atoms with Crippen LogP contribution in [-0.2, 0) is 6.42 Å². The van der Waals surface area contributed by atoms with Crippen molar-refractivity contribution >= 4 is 28.6 Å². The molecule has 1 nitrogen and oxygen atoms in total. The lowest BCUT2D eigenvalue weighted by Gasteiger charge is -2.04. The van der Waals surface area contributed by atoms with Gasteiger partial charge in [0.15, 0.2) is 0 Å². The van der Waals surface area contributed by atoms with Crippen LogP contribution in [0.2, 0.25) is 5.02 Å². The summed E-state index contributed by atoms with van der Waals surface area (Å²) in [5.74, 6) is 0.